The number of H-pyrrole nitrogens is 1. The number of carbonyl (C=O) groups is 2. The second-order valence-corrected chi connectivity index (χ2v) is 5.34. The maximum atomic E-state index is 12.4. The fourth-order valence-electron chi connectivity index (χ4n) is 2.39. The van der Waals surface area contributed by atoms with E-state index in [1.807, 2.05) is 36.5 Å². The van der Waals surface area contributed by atoms with Crippen molar-refractivity contribution in [2.24, 2.45) is 0 Å². The Morgan fingerprint density at radius 1 is 1.33 bits per heavy atom. The van der Waals surface area contributed by atoms with Gasteiger partial charge in [-0.15, -0.1) is 0 Å². The van der Waals surface area contributed by atoms with E-state index in [2.05, 4.69) is 15.6 Å². The molecule has 0 spiro atoms. The lowest BCUT2D eigenvalue weighted by molar-refractivity contribution is -0.123. The number of hydrogen-bond donors (Lipinski definition) is 3. The van der Waals surface area contributed by atoms with E-state index in [0.29, 0.717) is 0 Å². The predicted molar refractivity (Wildman–Crippen MR) is 89.2 cm³/mol. The number of benzene rings is 1. The van der Waals surface area contributed by atoms with E-state index in [0.717, 1.165) is 16.5 Å². The van der Waals surface area contributed by atoms with Gasteiger partial charge >= 0.3 is 6.09 Å². The summed E-state index contributed by atoms with van der Waals surface area (Å²) in [5.74, 6) is -0.428. The minimum atomic E-state index is -0.834. The monoisotopic (exact) mass is 328 g/mol. The highest BCUT2D eigenvalue weighted by Crippen LogP contribution is 2.19. The van der Waals surface area contributed by atoms with Crippen LogP contribution in [0.3, 0.4) is 0 Å². The summed E-state index contributed by atoms with van der Waals surface area (Å²) in [6.45, 7) is 3.47. The molecule has 126 valence electrons. The highest BCUT2D eigenvalue weighted by molar-refractivity contribution is 5.88. The largest absolute Gasteiger partial charge is 0.450 e. The Morgan fingerprint density at radius 2 is 2.08 bits per heavy atom. The van der Waals surface area contributed by atoms with Gasteiger partial charge in [-0.1, -0.05) is 18.2 Å². The van der Waals surface area contributed by atoms with Crippen LogP contribution in [-0.4, -0.2) is 35.7 Å². The van der Waals surface area contributed by atoms with Crippen LogP contribution in [-0.2, 0) is 16.0 Å². The molecule has 7 heteroatoms. The lowest BCUT2D eigenvalue weighted by Gasteiger charge is -2.18. The number of carbonyl (C=O) groups excluding carboxylic acids is 2. The molecule has 0 bridgehead atoms. The number of fused-ring (bicyclic) bond motifs is 1. The number of aromatic amines is 1. The van der Waals surface area contributed by atoms with Gasteiger partial charge in [-0.2, -0.15) is 5.26 Å². The second kappa shape index (κ2) is 8.02. The van der Waals surface area contributed by atoms with E-state index < -0.39 is 24.1 Å². The standard InChI is InChI=1S/C17H20N4O3/c1-3-24-17(23)21-15(16(22)20-11(2)9-18)8-12-10-19-14-7-5-4-6-13(12)14/h4-7,10-11,15,19H,3,8H2,1-2H3,(H,20,22)(H,21,23). The van der Waals surface area contributed by atoms with E-state index in [1.54, 1.807) is 13.8 Å². The van der Waals surface area contributed by atoms with Gasteiger partial charge in [-0.25, -0.2) is 4.79 Å². The van der Waals surface area contributed by atoms with Crippen molar-refractivity contribution in [3.05, 3.63) is 36.0 Å². The van der Waals surface area contributed by atoms with Crippen molar-refractivity contribution < 1.29 is 14.3 Å². The molecule has 0 aliphatic carbocycles. The Labute approximate surface area is 140 Å². The molecule has 0 saturated heterocycles. The number of para-hydroxylation sites is 1. The van der Waals surface area contributed by atoms with Gasteiger partial charge in [-0.05, 0) is 25.5 Å². The summed E-state index contributed by atoms with van der Waals surface area (Å²) < 4.78 is 4.86. The van der Waals surface area contributed by atoms with E-state index in [9.17, 15) is 9.59 Å². The molecule has 2 atom stereocenters. The molecule has 2 rings (SSSR count). The molecule has 1 heterocycles. The molecule has 2 amide bonds. The number of amides is 2. The van der Waals surface area contributed by atoms with Crippen LogP contribution >= 0.6 is 0 Å². The molecule has 0 aliphatic heterocycles. The fraction of sp³-hybridized carbons (Fsp3) is 0.353. The first kappa shape index (κ1) is 17.3. The van der Waals surface area contributed by atoms with E-state index in [4.69, 9.17) is 10.00 Å². The molecule has 3 N–H and O–H groups in total. The lowest BCUT2D eigenvalue weighted by atomic mass is 10.0. The number of nitrogens with one attached hydrogen (secondary N) is 3. The first-order chi connectivity index (χ1) is 11.5. The number of ether oxygens (including phenoxy) is 1. The van der Waals surface area contributed by atoms with Crippen LogP contribution in [0.15, 0.2) is 30.5 Å². The van der Waals surface area contributed by atoms with Gasteiger partial charge < -0.3 is 20.4 Å². The van der Waals surface area contributed by atoms with Crippen molar-refractivity contribution in [1.82, 2.24) is 15.6 Å². The summed E-state index contributed by atoms with van der Waals surface area (Å²) in [6.07, 6.45) is 1.43. The topological polar surface area (TPSA) is 107 Å². The third-order valence-corrected chi connectivity index (χ3v) is 3.54. The van der Waals surface area contributed by atoms with E-state index in [-0.39, 0.29) is 13.0 Å². The molecular weight excluding hydrogens is 308 g/mol. The van der Waals surface area contributed by atoms with Gasteiger partial charge in [0.2, 0.25) is 5.91 Å². The molecular formula is C17H20N4O3. The Hall–Kier alpha value is -3.01. The molecule has 1 aromatic heterocycles. The number of alkyl carbamates (subject to hydrolysis) is 1. The van der Waals surface area contributed by atoms with Crippen molar-refractivity contribution in [3.63, 3.8) is 0 Å². The second-order valence-electron chi connectivity index (χ2n) is 5.34. The van der Waals surface area contributed by atoms with Gasteiger partial charge in [0, 0.05) is 23.5 Å². The number of nitriles is 1. The SMILES string of the molecule is CCOC(=O)NC(Cc1c[nH]c2ccccc12)C(=O)NC(C)C#N. The van der Waals surface area contributed by atoms with Crippen LogP contribution in [0.5, 0.6) is 0 Å². The number of nitrogens with zero attached hydrogens (tertiary/aromatic N) is 1. The Balaban J connectivity index is 2.20. The molecule has 2 unspecified atom stereocenters. The Kier molecular flexibility index (Phi) is 5.79. The van der Waals surface area contributed by atoms with Crippen molar-refractivity contribution in [3.8, 4) is 6.07 Å². The molecule has 0 fully saturated rings. The average molecular weight is 328 g/mol. The summed E-state index contributed by atoms with van der Waals surface area (Å²) in [7, 11) is 0. The quantitative estimate of drug-likeness (QED) is 0.752. The Morgan fingerprint density at radius 3 is 2.79 bits per heavy atom. The van der Waals surface area contributed by atoms with Gasteiger partial charge in [0.25, 0.3) is 0 Å². The third kappa shape index (κ3) is 4.26. The predicted octanol–water partition coefficient (Wildman–Crippen LogP) is 1.85. The Bertz CT molecular complexity index is 763. The number of hydrogen-bond acceptors (Lipinski definition) is 4. The maximum absolute atomic E-state index is 12.4. The minimum absolute atomic E-state index is 0.210. The van der Waals surface area contributed by atoms with Crippen LogP contribution in [0.1, 0.15) is 19.4 Å². The van der Waals surface area contributed by atoms with E-state index >= 15 is 0 Å². The summed E-state index contributed by atoms with van der Waals surface area (Å²) in [5, 5.41) is 14.9. The van der Waals surface area contributed by atoms with Crippen molar-refractivity contribution in [2.45, 2.75) is 32.4 Å². The highest BCUT2D eigenvalue weighted by Gasteiger charge is 2.24. The van der Waals surface area contributed by atoms with Gasteiger partial charge in [0.05, 0.1) is 12.7 Å². The fourth-order valence-corrected chi connectivity index (χ4v) is 2.39. The summed E-state index contributed by atoms with van der Waals surface area (Å²) in [5.41, 5.74) is 1.85. The van der Waals surface area contributed by atoms with Crippen LogP contribution in [0.4, 0.5) is 4.79 Å². The summed E-state index contributed by atoms with van der Waals surface area (Å²) >= 11 is 0. The minimum Gasteiger partial charge on any atom is -0.450 e. The summed E-state index contributed by atoms with van der Waals surface area (Å²) in [6, 6.07) is 8.16. The molecule has 0 aliphatic rings. The molecule has 2 aromatic rings. The van der Waals surface area contributed by atoms with Crippen LogP contribution < -0.4 is 10.6 Å². The number of rotatable bonds is 6. The first-order valence-electron chi connectivity index (χ1n) is 7.73. The molecule has 1 aromatic carbocycles. The molecule has 7 nitrogen and oxygen atoms in total. The zero-order valence-corrected chi connectivity index (χ0v) is 13.6. The van der Waals surface area contributed by atoms with E-state index in [1.165, 1.54) is 0 Å². The number of aromatic nitrogens is 1. The smallest absolute Gasteiger partial charge is 0.407 e. The third-order valence-electron chi connectivity index (χ3n) is 3.54. The van der Waals surface area contributed by atoms with Crippen LogP contribution in [0, 0.1) is 11.3 Å². The first-order valence-corrected chi connectivity index (χ1v) is 7.73. The normalized spacial score (nSPS) is 12.9. The highest BCUT2D eigenvalue weighted by atomic mass is 16.5. The van der Waals surface area contributed by atoms with Crippen LogP contribution in [0.2, 0.25) is 0 Å². The molecule has 0 radical (unpaired) electrons. The lowest BCUT2D eigenvalue weighted by Crippen LogP contribution is -2.50. The van der Waals surface area contributed by atoms with Gasteiger partial charge in [0.1, 0.15) is 12.1 Å². The van der Waals surface area contributed by atoms with Gasteiger partial charge in [0.15, 0.2) is 0 Å². The summed E-state index contributed by atoms with van der Waals surface area (Å²) in [4.78, 5) is 27.2. The zero-order valence-electron chi connectivity index (χ0n) is 13.6. The average Bonchev–Trinajstić information content (AvgIpc) is 2.97. The van der Waals surface area contributed by atoms with Crippen molar-refractivity contribution in [2.75, 3.05) is 6.61 Å². The zero-order chi connectivity index (χ0) is 17.5. The van der Waals surface area contributed by atoms with Crippen molar-refractivity contribution >= 4 is 22.9 Å². The molecule has 0 saturated carbocycles. The maximum Gasteiger partial charge on any atom is 0.407 e. The van der Waals surface area contributed by atoms with Crippen LogP contribution in [0.25, 0.3) is 10.9 Å². The van der Waals surface area contributed by atoms with Gasteiger partial charge in [-0.3, -0.25) is 4.79 Å². The molecule has 24 heavy (non-hydrogen) atoms. The van der Waals surface area contributed by atoms with Crippen molar-refractivity contribution in [1.29, 1.82) is 5.26 Å².